The van der Waals surface area contributed by atoms with Gasteiger partial charge in [-0.3, -0.25) is 13.8 Å². The standard InChI is InChI=1S/C31H64NO7P/c1-6-8-10-12-14-15-16-17-18-19-20-22-24-31(33)39-30(28-36-26-23-21-13-11-9-7-2)29-38-40(34,35)37-27-25-32(3,4)5/h30H,6-29H2,1-5H3/p+1. The van der Waals surface area contributed by atoms with Crippen LogP contribution in [0.2, 0.25) is 0 Å². The minimum absolute atomic E-state index is 0.0925. The SMILES string of the molecule is CCCCCCCCCCCCCCC(=O)OC(COCCCCCCCC)COP(=O)(O)OCC[N+](C)(C)C. The number of ether oxygens (including phenoxy) is 2. The van der Waals surface area contributed by atoms with E-state index in [9.17, 15) is 14.3 Å². The normalized spacial score (nSPS) is 14.2. The van der Waals surface area contributed by atoms with E-state index in [1.165, 1.54) is 83.5 Å². The van der Waals surface area contributed by atoms with Crippen LogP contribution in [0.4, 0.5) is 0 Å². The summed E-state index contributed by atoms with van der Waals surface area (Å²) in [5, 5.41) is 0. The summed E-state index contributed by atoms with van der Waals surface area (Å²) in [7, 11) is 1.67. The van der Waals surface area contributed by atoms with E-state index in [1.54, 1.807) is 0 Å². The van der Waals surface area contributed by atoms with Gasteiger partial charge >= 0.3 is 13.8 Å². The molecule has 0 saturated heterocycles. The van der Waals surface area contributed by atoms with Gasteiger partial charge in [-0.25, -0.2) is 4.57 Å². The Kier molecular flexibility index (Phi) is 25.8. The molecule has 40 heavy (non-hydrogen) atoms. The minimum Gasteiger partial charge on any atom is -0.457 e. The van der Waals surface area contributed by atoms with Crippen molar-refractivity contribution in [2.24, 2.45) is 0 Å². The third-order valence-electron chi connectivity index (χ3n) is 6.92. The summed E-state index contributed by atoms with van der Waals surface area (Å²) in [5.74, 6) is -0.317. The second kappa shape index (κ2) is 26.2. The Bertz CT molecular complexity index is 627. The molecule has 0 aliphatic rings. The first-order valence-corrected chi connectivity index (χ1v) is 17.8. The van der Waals surface area contributed by atoms with Gasteiger partial charge in [0.25, 0.3) is 0 Å². The zero-order chi connectivity index (χ0) is 30.0. The Hall–Kier alpha value is -0.500. The Morgan fingerprint density at radius 1 is 0.675 bits per heavy atom. The van der Waals surface area contributed by atoms with Crippen LogP contribution in [0.3, 0.4) is 0 Å². The number of quaternary nitrogens is 1. The molecular formula is C31H65NO7P+. The number of phosphoric ester groups is 1. The molecule has 8 nitrogen and oxygen atoms in total. The van der Waals surface area contributed by atoms with Crippen molar-refractivity contribution in [3.63, 3.8) is 0 Å². The van der Waals surface area contributed by atoms with Crippen LogP contribution in [-0.2, 0) is 27.9 Å². The van der Waals surface area contributed by atoms with Gasteiger partial charge in [-0.1, -0.05) is 117 Å². The molecule has 0 bridgehead atoms. The van der Waals surface area contributed by atoms with E-state index in [1.807, 2.05) is 21.1 Å². The maximum absolute atomic E-state index is 12.5. The lowest BCUT2D eigenvalue weighted by atomic mass is 10.0. The number of rotatable bonds is 30. The third-order valence-corrected chi connectivity index (χ3v) is 7.90. The molecule has 0 aromatic rings. The van der Waals surface area contributed by atoms with Crippen LogP contribution in [0.15, 0.2) is 0 Å². The monoisotopic (exact) mass is 594 g/mol. The Morgan fingerprint density at radius 3 is 1.65 bits per heavy atom. The minimum atomic E-state index is -4.24. The van der Waals surface area contributed by atoms with Crippen molar-refractivity contribution in [3.05, 3.63) is 0 Å². The first-order chi connectivity index (χ1) is 19.1. The lowest BCUT2D eigenvalue weighted by Crippen LogP contribution is -2.37. The molecule has 0 saturated carbocycles. The average Bonchev–Trinajstić information content (AvgIpc) is 2.88. The number of carbonyl (C=O) groups is 1. The summed E-state index contributed by atoms with van der Waals surface area (Å²) in [6.45, 7) is 5.57. The first-order valence-electron chi connectivity index (χ1n) is 16.3. The highest BCUT2D eigenvalue weighted by Gasteiger charge is 2.26. The van der Waals surface area contributed by atoms with E-state index < -0.39 is 13.9 Å². The van der Waals surface area contributed by atoms with Crippen LogP contribution < -0.4 is 0 Å². The van der Waals surface area contributed by atoms with Gasteiger partial charge in [0, 0.05) is 13.0 Å². The van der Waals surface area contributed by atoms with E-state index in [4.69, 9.17) is 18.5 Å². The van der Waals surface area contributed by atoms with Crippen molar-refractivity contribution in [1.29, 1.82) is 0 Å². The predicted octanol–water partition coefficient (Wildman–Crippen LogP) is 8.21. The Balaban J connectivity index is 4.30. The molecule has 0 aliphatic heterocycles. The zero-order valence-electron chi connectivity index (χ0n) is 26.8. The van der Waals surface area contributed by atoms with Gasteiger partial charge in [0.05, 0.1) is 34.4 Å². The summed E-state index contributed by atoms with van der Waals surface area (Å²) in [6.07, 6.45) is 21.3. The average molecular weight is 595 g/mol. The van der Waals surface area contributed by atoms with Gasteiger partial charge in [-0.2, -0.15) is 0 Å². The molecule has 0 aromatic carbocycles. The third kappa shape index (κ3) is 29.0. The number of unbranched alkanes of at least 4 members (excludes halogenated alkanes) is 16. The van der Waals surface area contributed by atoms with Crippen molar-refractivity contribution in [3.8, 4) is 0 Å². The van der Waals surface area contributed by atoms with Crippen LogP contribution in [0.5, 0.6) is 0 Å². The molecule has 9 heteroatoms. The second-order valence-electron chi connectivity index (χ2n) is 12.2. The van der Waals surface area contributed by atoms with Crippen molar-refractivity contribution >= 4 is 13.8 Å². The highest BCUT2D eigenvalue weighted by molar-refractivity contribution is 7.47. The number of carbonyl (C=O) groups excluding carboxylic acids is 1. The van der Waals surface area contributed by atoms with Gasteiger partial charge in [-0.15, -0.1) is 0 Å². The summed E-state index contributed by atoms with van der Waals surface area (Å²) in [5.41, 5.74) is 0. The van der Waals surface area contributed by atoms with Crippen molar-refractivity contribution < 1.29 is 37.3 Å². The number of esters is 1. The van der Waals surface area contributed by atoms with Crippen LogP contribution in [0.25, 0.3) is 0 Å². The zero-order valence-corrected chi connectivity index (χ0v) is 27.7. The van der Waals surface area contributed by atoms with Gasteiger partial charge in [0.2, 0.25) is 0 Å². The number of hydrogen-bond acceptors (Lipinski definition) is 6. The summed E-state index contributed by atoms with van der Waals surface area (Å²) in [4.78, 5) is 22.5. The smallest absolute Gasteiger partial charge is 0.457 e. The molecule has 0 fully saturated rings. The summed E-state index contributed by atoms with van der Waals surface area (Å²) >= 11 is 0. The van der Waals surface area contributed by atoms with Gasteiger partial charge in [0.15, 0.2) is 0 Å². The van der Waals surface area contributed by atoms with E-state index >= 15 is 0 Å². The molecule has 0 radical (unpaired) electrons. The largest absolute Gasteiger partial charge is 0.472 e. The van der Waals surface area contributed by atoms with Crippen LogP contribution >= 0.6 is 7.82 Å². The molecule has 0 aliphatic carbocycles. The molecule has 1 N–H and O–H groups in total. The van der Waals surface area contributed by atoms with Crippen molar-refractivity contribution in [1.82, 2.24) is 0 Å². The topological polar surface area (TPSA) is 91.3 Å². The molecule has 0 heterocycles. The number of nitrogens with zero attached hydrogens (tertiary/aromatic N) is 1. The van der Waals surface area contributed by atoms with Crippen LogP contribution in [0.1, 0.15) is 136 Å². The molecule has 0 amide bonds. The van der Waals surface area contributed by atoms with E-state index in [2.05, 4.69) is 13.8 Å². The Morgan fingerprint density at radius 2 is 1.15 bits per heavy atom. The lowest BCUT2D eigenvalue weighted by molar-refractivity contribution is -0.870. The van der Waals surface area contributed by atoms with Crippen molar-refractivity contribution in [2.45, 2.75) is 142 Å². The Labute approximate surface area is 247 Å². The van der Waals surface area contributed by atoms with Gasteiger partial charge in [0.1, 0.15) is 19.3 Å². The molecular weight excluding hydrogens is 529 g/mol. The maximum Gasteiger partial charge on any atom is 0.472 e. The number of phosphoric acid groups is 1. The first kappa shape index (κ1) is 39.5. The maximum atomic E-state index is 12.5. The van der Waals surface area contributed by atoms with Gasteiger partial charge < -0.3 is 18.9 Å². The highest BCUT2D eigenvalue weighted by Crippen LogP contribution is 2.43. The van der Waals surface area contributed by atoms with E-state index in [0.717, 1.165) is 32.1 Å². The summed E-state index contributed by atoms with van der Waals surface area (Å²) < 4.78 is 34.5. The highest BCUT2D eigenvalue weighted by atomic mass is 31.2. The van der Waals surface area contributed by atoms with Gasteiger partial charge in [-0.05, 0) is 12.8 Å². The van der Waals surface area contributed by atoms with Crippen molar-refractivity contribution in [2.75, 3.05) is 54.1 Å². The predicted molar refractivity (Wildman–Crippen MR) is 164 cm³/mol. The van der Waals surface area contributed by atoms with Crippen LogP contribution in [0, 0.1) is 0 Å². The summed E-state index contributed by atoms with van der Waals surface area (Å²) in [6, 6.07) is 0. The molecule has 0 spiro atoms. The van der Waals surface area contributed by atoms with E-state index in [0.29, 0.717) is 24.1 Å². The molecule has 240 valence electrons. The fourth-order valence-electron chi connectivity index (χ4n) is 4.32. The van der Waals surface area contributed by atoms with Crippen LogP contribution in [-0.4, -0.2) is 75.6 Å². The molecule has 0 rings (SSSR count). The molecule has 2 unspecified atom stereocenters. The fourth-order valence-corrected chi connectivity index (χ4v) is 5.06. The fraction of sp³-hybridized carbons (Fsp3) is 0.968. The van der Waals surface area contributed by atoms with E-state index in [-0.39, 0.29) is 25.8 Å². The number of hydrogen-bond donors (Lipinski definition) is 1. The number of likely N-dealkylation sites (N-methyl/N-ethyl adjacent to an activating group) is 1. The quantitative estimate of drug-likeness (QED) is 0.0388. The molecule has 0 aromatic heterocycles. The second-order valence-corrected chi connectivity index (χ2v) is 13.7. The molecule has 2 atom stereocenters. The lowest BCUT2D eigenvalue weighted by Gasteiger charge is -2.24.